The van der Waals surface area contributed by atoms with E-state index in [4.69, 9.17) is 10.5 Å². The van der Waals surface area contributed by atoms with E-state index in [9.17, 15) is 0 Å². The first-order valence-corrected chi connectivity index (χ1v) is 3.94. The van der Waals surface area contributed by atoms with Crippen molar-refractivity contribution in [1.29, 1.82) is 10.5 Å². The second-order valence-corrected chi connectivity index (χ2v) is 2.39. The maximum atomic E-state index is 8.15. The molecular formula is C10H8N4. The molecule has 0 aliphatic rings. The third kappa shape index (κ3) is 2.88. The molecule has 0 aliphatic heterocycles. The van der Waals surface area contributed by atoms with Gasteiger partial charge in [-0.2, -0.15) is 10.5 Å². The van der Waals surface area contributed by atoms with Gasteiger partial charge in [-0.15, -0.1) is 0 Å². The minimum Gasteiger partial charge on any atom is -0.353 e. The lowest BCUT2D eigenvalue weighted by molar-refractivity contribution is 1.33. The summed E-state index contributed by atoms with van der Waals surface area (Å²) in [7, 11) is 0. The molecule has 2 heterocycles. The van der Waals surface area contributed by atoms with Gasteiger partial charge < -0.3 is 9.97 Å². The van der Waals surface area contributed by atoms with Gasteiger partial charge in [-0.05, 0) is 24.3 Å². The Morgan fingerprint density at radius 3 is 1.43 bits per heavy atom. The van der Waals surface area contributed by atoms with Crippen molar-refractivity contribution in [3.8, 4) is 12.1 Å². The van der Waals surface area contributed by atoms with Gasteiger partial charge in [-0.25, -0.2) is 0 Å². The van der Waals surface area contributed by atoms with Crippen molar-refractivity contribution >= 4 is 0 Å². The molecule has 14 heavy (non-hydrogen) atoms. The fourth-order valence-corrected chi connectivity index (χ4v) is 0.800. The Bertz CT molecular complexity index is 381. The Morgan fingerprint density at radius 1 is 0.857 bits per heavy atom. The summed E-state index contributed by atoms with van der Waals surface area (Å²) in [6.45, 7) is 0. The summed E-state index contributed by atoms with van der Waals surface area (Å²) in [5.41, 5.74) is 1.22. The highest BCUT2D eigenvalue weighted by Gasteiger charge is 1.81. The van der Waals surface area contributed by atoms with Crippen LogP contribution in [0, 0.1) is 22.7 Å². The summed E-state index contributed by atoms with van der Waals surface area (Å²) >= 11 is 0. The van der Waals surface area contributed by atoms with Gasteiger partial charge in [0.05, 0.1) is 0 Å². The molecule has 0 bridgehead atoms. The minimum absolute atomic E-state index is 0.611. The summed E-state index contributed by atoms with van der Waals surface area (Å²) in [6.07, 6.45) is 3.44. The molecule has 0 saturated heterocycles. The van der Waals surface area contributed by atoms with Gasteiger partial charge in [0, 0.05) is 12.4 Å². The van der Waals surface area contributed by atoms with Crippen molar-refractivity contribution in [3.63, 3.8) is 0 Å². The normalized spacial score (nSPS) is 7.86. The molecule has 68 valence electrons. The first-order chi connectivity index (χ1) is 6.86. The van der Waals surface area contributed by atoms with Crippen LogP contribution in [-0.2, 0) is 0 Å². The molecule has 2 N–H and O–H groups in total. The summed E-state index contributed by atoms with van der Waals surface area (Å²) in [6, 6.07) is 10.9. The third-order valence-electron chi connectivity index (χ3n) is 1.44. The van der Waals surface area contributed by atoms with E-state index in [1.165, 1.54) is 0 Å². The van der Waals surface area contributed by atoms with Gasteiger partial charge in [0.1, 0.15) is 23.5 Å². The quantitative estimate of drug-likeness (QED) is 0.654. The smallest absolute Gasteiger partial charge is 0.117 e. The average Bonchev–Trinajstić information content (AvgIpc) is 2.92. The number of aromatic nitrogens is 2. The van der Waals surface area contributed by atoms with Crippen LogP contribution in [0.5, 0.6) is 0 Å². The van der Waals surface area contributed by atoms with Crippen LogP contribution < -0.4 is 0 Å². The summed E-state index contributed by atoms with van der Waals surface area (Å²) < 4.78 is 0. The predicted molar refractivity (Wildman–Crippen MR) is 51.0 cm³/mol. The number of H-pyrrole nitrogens is 2. The van der Waals surface area contributed by atoms with E-state index in [0.29, 0.717) is 11.4 Å². The molecule has 2 aromatic rings. The van der Waals surface area contributed by atoms with Crippen LogP contribution in [0.4, 0.5) is 0 Å². The molecule has 0 saturated carbocycles. The lowest BCUT2D eigenvalue weighted by Crippen LogP contribution is -1.64. The molecule has 4 nitrogen and oxygen atoms in total. The second kappa shape index (κ2) is 5.23. The fourth-order valence-electron chi connectivity index (χ4n) is 0.800. The van der Waals surface area contributed by atoms with Gasteiger partial charge in [0.2, 0.25) is 0 Å². The summed E-state index contributed by atoms with van der Waals surface area (Å²) in [5.74, 6) is 0. The van der Waals surface area contributed by atoms with Gasteiger partial charge in [0.25, 0.3) is 0 Å². The van der Waals surface area contributed by atoms with E-state index in [1.807, 2.05) is 12.1 Å². The Labute approximate surface area is 81.4 Å². The lowest BCUT2D eigenvalue weighted by atomic mass is 10.5. The van der Waals surface area contributed by atoms with Crippen molar-refractivity contribution < 1.29 is 0 Å². The summed E-state index contributed by atoms with van der Waals surface area (Å²) in [4.78, 5) is 5.45. The van der Waals surface area contributed by atoms with Crippen molar-refractivity contribution in [2.45, 2.75) is 0 Å². The van der Waals surface area contributed by atoms with E-state index >= 15 is 0 Å². The Morgan fingerprint density at radius 2 is 1.29 bits per heavy atom. The Kier molecular flexibility index (Phi) is 3.60. The maximum Gasteiger partial charge on any atom is 0.117 e. The molecule has 0 aromatic carbocycles. The topological polar surface area (TPSA) is 79.2 Å². The SMILES string of the molecule is N#Cc1ccc[nH]1.N#Cc1ccc[nH]1. The molecule has 2 rings (SSSR count). The number of hydrogen-bond donors (Lipinski definition) is 2. The number of rotatable bonds is 0. The zero-order valence-corrected chi connectivity index (χ0v) is 7.36. The molecule has 0 fully saturated rings. The first kappa shape index (κ1) is 9.63. The molecular weight excluding hydrogens is 176 g/mol. The molecule has 4 heteroatoms. The van der Waals surface area contributed by atoms with Gasteiger partial charge in [0.15, 0.2) is 0 Å². The molecule has 0 radical (unpaired) electrons. The van der Waals surface area contributed by atoms with E-state index in [1.54, 1.807) is 36.7 Å². The van der Waals surface area contributed by atoms with Crippen LogP contribution in [0.25, 0.3) is 0 Å². The minimum atomic E-state index is 0.611. The highest BCUT2D eigenvalue weighted by molar-refractivity contribution is 5.19. The number of nitriles is 2. The van der Waals surface area contributed by atoms with E-state index in [0.717, 1.165) is 0 Å². The van der Waals surface area contributed by atoms with Crippen LogP contribution in [0.3, 0.4) is 0 Å². The number of hydrogen-bond acceptors (Lipinski definition) is 2. The van der Waals surface area contributed by atoms with Crippen LogP contribution in [0.1, 0.15) is 11.4 Å². The third-order valence-corrected chi connectivity index (χ3v) is 1.44. The average molecular weight is 184 g/mol. The zero-order chi connectivity index (χ0) is 10.2. The van der Waals surface area contributed by atoms with Crippen LogP contribution in [0.15, 0.2) is 36.7 Å². The number of nitrogens with one attached hydrogen (secondary N) is 2. The van der Waals surface area contributed by atoms with E-state index in [-0.39, 0.29) is 0 Å². The number of nitrogens with zero attached hydrogens (tertiary/aromatic N) is 2. The molecule has 2 aromatic heterocycles. The highest BCUT2D eigenvalue weighted by atomic mass is 14.7. The highest BCUT2D eigenvalue weighted by Crippen LogP contribution is 1.88. The Hall–Kier alpha value is -2.46. The van der Waals surface area contributed by atoms with E-state index < -0.39 is 0 Å². The zero-order valence-electron chi connectivity index (χ0n) is 7.36. The molecule has 0 atom stereocenters. The van der Waals surface area contributed by atoms with Crippen LogP contribution in [0.2, 0.25) is 0 Å². The predicted octanol–water partition coefficient (Wildman–Crippen LogP) is 1.77. The van der Waals surface area contributed by atoms with Gasteiger partial charge >= 0.3 is 0 Å². The standard InChI is InChI=1S/2C5H4N2/c2*6-4-5-2-1-3-7-5/h2*1-3,7H. The first-order valence-electron chi connectivity index (χ1n) is 3.94. The van der Waals surface area contributed by atoms with Gasteiger partial charge in [-0.3, -0.25) is 0 Å². The van der Waals surface area contributed by atoms with Crippen molar-refractivity contribution in [3.05, 3.63) is 48.0 Å². The fraction of sp³-hybridized carbons (Fsp3) is 0. The monoisotopic (exact) mass is 184 g/mol. The largest absolute Gasteiger partial charge is 0.353 e. The van der Waals surface area contributed by atoms with Crippen molar-refractivity contribution in [1.82, 2.24) is 9.97 Å². The second-order valence-electron chi connectivity index (χ2n) is 2.39. The Balaban J connectivity index is 0.000000140. The molecule has 0 spiro atoms. The van der Waals surface area contributed by atoms with Gasteiger partial charge in [-0.1, -0.05) is 0 Å². The molecule has 0 aliphatic carbocycles. The summed E-state index contributed by atoms with van der Waals surface area (Å²) in [5, 5.41) is 16.3. The molecule has 0 amide bonds. The van der Waals surface area contributed by atoms with Crippen molar-refractivity contribution in [2.75, 3.05) is 0 Å². The number of aromatic amines is 2. The molecule has 0 unspecified atom stereocenters. The van der Waals surface area contributed by atoms with Crippen LogP contribution >= 0.6 is 0 Å². The van der Waals surface area contributed by atoms with Crippen molar-refractivity contribution in [2.24, 2.45) is 0 Å². The lowest BCUT2D eigenvalue weighted by Gasteiger charge is -1.66. The van der Waals surface area contributed by atoms with Crippen LogP contribution in [-0.4, -0.2) is 9.97 Å². The maximum absolute atomic E-state index is 8.15. The van der Waals surface area contributed by atoms with E-state index in [2.05, 4.69) is 9.97 Å².